The van der Waals surface area contributed by atoms with Crippen molar-refractivity contribution in [1.82, 2.24) is 15.2 Å². The highest BCUT2D eigenvalue weighted by Crippen LogP contribution is 2.37. The number of fused-ring (bicyclic) bond motifs is 1. The fourth-order valence-electron chi connectivity index (χ4n) is 5.09. The summed E-state index contributed by atoms with van der Waals surface area (Å²) in [5.74, 6) is 0.822. The molecule has 0 aromatic heterocycles. The Morgan fingerprint density at radius 2 is 2.13 bits per heavy atom. The maximum absolute atomic E-state index is 13.6. The molecular formula is C20H29ClN4O4S. The molecule has 0 spiro atoms. The molecule has 0 radical (unpaired) electrons. The average molecular weight is 457 g/mol. The van der Waals surface area contributed by atoms with E-state index in [9.17, 15) is 13.2 Å². The Morgan fingerprint density at radius 1 is 1.33 bits per heavy atom. The molecule has 8 nitrogen and oxygen atoms in total. The summed E-state index contributed by atoms with van der Waals surface area (Å²) in [4.78, 5) is 13.0. The van der Waals surface area contributed by atoms with Crippen LogP contribution in [0.25, 0.3) is 0 Å². The van der Waals surface area contributed by atoms with E-state index < -0.39 is 21.3 Å². The number of amides is 1. The third-order valence-corrected chi connectivity index (χ3v) is 9.15. The number of nitrogens with zero attached hydrogens (tertiary/aromatic N) is 1. The molecule has 1 aromatic rings. The molecule has 3 fully saturated rings. The number of hydrogen-bond donors (Lipinski definition) is 3. The van der Waals surface area contributed by atoms with Gasteiger partial charge in [-0.3, -0.25) is 15.6 Å². The Bertz CT molecular complexity index is 912. The van der Waals surface area contributed by atoms with Gasteiger partial charge in [0, 0.05) is 24.8 Å². The summed E-state index contributed by atoms with van der Waals surface area (Å²) < 4.78 is 33.8. The number of hydrazine groups is 1. The standard InChI is InChI=1S/C20H29ClN4O4S/c1-12-8-13-11-22-24-19(13)18(9-12)30(27,28)25-7-3-4-16(25)20(26)23-14-5-6-17(29-2)15(21)10-14/h5-6,10,12-13,16,18-19,22,24H,3-4,7-9,11H2,1-2H3,(H,23,26)/t12?,13?,16-,18?,19?/m0/s1. The van der Waals surface area contributed by atoms with Gasteiger partial charge in [0.1, 0.15) is 11.8 Å². The first-order valence-electron chi connectivity index (χ1n) is 10.4. The van der Waals surface area contributed by atoms with Crippen molar-refractivity contribution < 1.29 is 17.9 Å². The molecule has 1 saturated carbocycles. The van der Waals surface area contributed by atoms with Crippen LogP contribution in [0.2, 0.25) is 5.02 Å². The van der Waals surface area contributed by atoms with E-state index in [2.05, 4.69) is 23.1 Å². The van der Waals surface area contributed by atoms with E-state index in [-0.39, 0.29) is 11.9 Å². The van der Waals surface area contributed by atoms with E-state index in [1.807, 2.05) is 0 Å². The van der Waals surface area contributed by atoms with Gasteiger partial charge in [-0.25, -0.2) is 8.42 Å². The molecule has 10 heteroatoms. The SMILES string of the molecule is COc1ccc(NC(=O)[C@@H]2CCCN2S(=O)(=O)C2CC(C)CC3CNNC32)cc1Cl. The summed E-state index contributed by atoms with van der Waals surface area (Å²) in [7, 11) is -2.11. The van der Waals surface area contributed by atoms with E-state index in [4.69, 9.17) is 16.3 Å². The lowest BCUT2D eigenvalue weighted by Crippen LogP contribution is -2.55. The summed E-state index contributed by atoms with van der Waals surface area (Å²) in [6.07, 6.45) is 2.80. The molecule has 4 unspecified atom stereocenters. The number of ether oxygens (including phenoxy) is 1. The number of methoxy groups -OCH3 is 1. The van der Waals surface area contributed by atoms with E-state index in [0.29, 0.717) is 54.1 Å². The molecule has 1 aromatic carbocycles. The van der Waals surface area contributed by atoms with Crippen molar-refractivity contribution in [1.29, 1.82) is 0 Å². The second-order valence-corrected chi connectivity index (χ2v) is 11.1. The number of carbonyl (C=O) groups is 1. The van der Waals surface area contributed by atoms with Crippen LogP contribution in [0.5, 0.6) is 5.75 Å². The van der Waals surface area contributed by atoms with Crippen molar-refractivity contribution in [2.24, 2.45) is 11.8 Å². The third-order valence-electron chi connectivity index (χ3n) is 6.52. The maximum atomic E-state index is 13.6. The normalized spacial score (nSPS) is 32.0. The van der Waals surface area contributed by atoms with Gasteiger partial charge in [-0.05, 0) is 55.7 Å². The Hall–Kier alpha value is -1.39. The monoisotopic (exact) mass is 456 g/mol. The number of hydrogen-bond acceptors (Lipinski definition) is 6. The zero-order valence-electron chi connectivity index (χ0n) is 17.2. The Labute approximate surface area is 182 Å². The number of benzene rings is 1. The minimum absolute atomic E-state index is 0.115. The number of anilines is 1. The molecular weight excluding hydrogens is 428 g/mol. The lowest BCUT2D eigenvalue weighted by atomic mass is 9.79. The van der Waals surface area contributed by atoms with Gasteiger partial charge in [-0.2, -0.15) is 4.31 Å². The van der Waals surface area contributed by atoms with E-state index in [0.717, 1.165) is 13.0 Å². The first-order chi connectivity index (χ1) is 14.3. The molecule has 3 aliphatic rings. The smallest absolute Gasteiger partial charge is 0.242 e. The predicted octanol–water partition coefficient (Wildman–Crippen LogP) is 1.97. The Balaban J connectivity index is 1.52. The maximum Gasteiger partial charge on any atom is 0.242 e. The number of sulfonamides is 1. The fraction of sp³-hybridized carbons (Fsp3) is 0.650. The van der Waals surface area contributed by atoms with Crippen molar-refractivity contribution in [3.8, 4) is 5.75 Å². The molecule has 3 N–H and O–H groups in total. The first-order valence-corrected chi connectivity index (χ1v) is 12.3. The van der Waals surface area contributed by atoms with Crippen molar-refractivity contribution in [2.75, 3.05) is 25.5 Å². The summed E-state index contributed by atoms with van der Waals surface area (Å²) in [6.45, 7) is 3.27. The fourth-order valence-corrected chi connectivity index (χ4v) is 7.87. The summed E-state index contributed by atoms with van der Waals surface area (Å²) in [5, 5.41) is 2.68. The number of halogens is 1. The van der Waals surface area contributed by atoms with Crippen LogP contribution in [0.4, 0.5) is 5.69 Å². The Kier molecular flexibility index (Phi) is 6.28. The van der Waals surface area contributed by atoms with Crippen LogP contribution in [0.3, 0.4) is 0 Å². The van der Waals surface area contributed by atoms with Crippen LogP contribution in [-0.2, 0) is 14.8 Å². The predicted molar refractivity (Wildman–Crippen MR) is 116 cm³/mol. The van der Waals surface area contributed by atoms with E-state index >= 15 is 0 Å². The summed E-state index contributed by atoms with van der Waals surface area (Å²) in [5.41, 5.74) is 6.82. The minimum Gasteiger partial charge on any atom is -0.495 e. The van der Waals surface area contributed by atoms with Crippen molar-refractivity contribution in [3.63, 3.8) is 0 Å². The molecule has 2 heterocycles. The van der Waals surface area contributed by atoms with Gasteiger partial charge >= 0.3 is 0 Å². The first kappa shape index (κ1) is 21.8. The minimum atomic E-state index is -3.63. The number of nitrogens with one attached hydrogen (secondary N) is 3. The topological polar surface area (TPSA) is 99.8 Å². The van der Waals surface area contributed by atoms with Gasteiger partial charge in [0.2, 0.25) is 15.9 Å². The van der Waals surface area contributed by atoms with Gasteiger partial charge in [-0.15, -0.1) is 0 Å². The van der Waals surface area contributed by atoms with Gasteiger partial charge in [-0.1, -0.05) is 18.5 Å². The third kappa shape index (κ3) is 4.05. The summed E-state index contributed by atoms with van der Waals surface area (Å²) in [6, 6.07) is 4.14. The van der Waals surface area contributed by atoms with E-state index in [1.54, 1.807) is 18.2 Å². The second-order valence-electron chi connectivity index (χ2n) is 8.58. The van der Waals surface area contributed by atoms with Crippen molar-refractivity contribution >= 4 is 33.2 Å². The number of rotatable bonds is 5. The van der Waals surface area contributed by atoms with Gasteiger partial charge in [0.25, 0.3) is 0 Å². The zero-order valence-corrected chi connectivity index (χ0v) is 18.8. The molecule has 1 amide bonds. The molecule has 0 bridgehead atoms. The van der Waals surface area contributed by atoms with Crippen LogP contribution >= 0.6 is 11.6 Å². The summed E-state index contributed by atoms with van der Waals surface area (Å²) >= 11 is 6.15. The number of carbonyl (C=O) groups excluding carboxylic acids is 1. The molecule has 2 saturated heterocycles. The highest BCUT2D eigenvalue weighted by molar-refractivity contribution is 7.89. The van der Waals surface area contributed by atoms with E-state index in [1.165, 1.54) is 11.4 Å². The van der Waals surface area contributed by atoms with Gasteiger partial charge < -0.3 is 10.1 Å². The highest BCUT2D eigenvalue weighted by Gasteiger charge is 2.50. The van der Waals surface area contributed by atoms with Crippen LogP contribution in [0.15, 0.2) is 18.2 Å². The zero-order chi connectivity index (χ0) is 21.5. The molecule has 1 aliphatic carbocycles. The van der Waals surface area contributed by atoms with Gasteiger partial charge in [0.05, 0.1) is 17.4 Å². The van der Waals surface area contributed by atoms with Crippen LogP contribution in [0, 0.1) is 11.8 Å². The highest BCUT2D eigenvalue weighted by atomic mass is 35.5. The van der Waals surface area contributed by atoms with Crippen molar-refractivity contribution in [3.05, 3.63) is 23.2 Å². The Morgan fingerprint density at radius 3 is 2.87 bits per heavy atom. The van der Waals surface area contributed by atoms with Crippen LogP contribution in [-0.4, -0.2) is 56.2 Å². The quantitative estimate of drug-likeness (QED) is 0.626. The molecule has 4 rings (SSSR count). The molecule has 30 heavy (non-hydrogen) atoms. The molecule has 2 aliphatic heterocycles. The largest absolute Gasteiger partial charge is 0.495 e. The second kappa shape index (κ2) is 8.63. The van der Waals surface area contributed by atoms with Crippen LogP contribution < -0.4 is 20.9 Å². The average Bonchev–Trinajstić information content (AvgIpc) is 3.37. The van der Waals surface area contributed by atoms with Crippen LogP contribution in [0.1, 0.15) is 32.6 Å². The lowest BCUT2D eigenvalue weighted by Gasteiger charge is -2.38. The molecule has 166 valence electrons. The van der Waals surface area contributed by atoms with Gasteiger partial charge in [0.15, 0.2) is 0 Å². The molecule has 5 atom stereocenters. The van der Waals surface area contributed by atoms with Crippen molar-refractivity contribution in [2.45, 2.75) is 49.9 Å². The lowest BCUT2D eigenvalue weighted by molar-refractivity contribution is -0.119.